The standard InChI is InChI=1S/C5H6OS.C3H7NO2S/c1-4-5(7)2-3-6-4;4-2(1-7)3(5)6/h2-3,7H,1H3;2,7H,1,4H2,(H,5,6)/t;2-/m.0/s1. The van der Waals surface area contributed by atoms with Crippen LogP contribution in [-0.4, -0.2) is 22.9 Å². The van der Waals surface area contributed by atoms with Crippen molar-refractivity contribution in [3.63, 3.8) is 0 Å². The molecule has 0 amide bonds. The van der Waals surface area contributed by atoms with E-state index >= 15 is 0 Å². The molecule has 0 spiro atoms. The van der Waals surface area contributed by atoms with E-state index in [1.807, 2.05) is 13.0 Å². The van der Waals surface area contributed by atoms with Gasteiger partial charge in [-0.15, -0.1) is 12.6 Å². The fraction of sp³-hybridized carbons (Fsp3) is 0.375. The number of carbonyl (C=O) groups is 1. The molecule has 0 radical (unpaired) electrons. The average Bonchev–Trinajstić information content (AvgIpc) is 2.50. The Morgan fingerprint density at radius 1 is 1.79 bits per heavy atom. The molecular formula is C8H13NO3S2. The van der Waals surface area contributed by atoms with Crippen molar-refractivity contribution in [3.05, 3.63) is 18.1 Å². The molecule has 0 aliphatic carbocycles. The van der Waals surface area contributed by atoms with E-state index in [4.69, 9.17) is 15.3 Å². The van der Waals surface area contributed by atoms with Gasteiger partial charge < -0.3 is 15.3 Å². The zero-order valence-electron chi connectivity index (χ0n) is 7.67. The van der Waals surface area contributed by atoms with Crippen LogP contribution in [0.1, 0.15) is 5.76 Å². The van der Waals surface area contributed by atoms with Gasteiger partial charge in [-0.3, -0.25) is 4.79 Å². The van der Waals surface area contributed by atoms with E-state index < -0.39 is 12.0 Å². The van der Waals surface area contributed by atoms with Crippen LogP contribution in [0.25, 0.3) is 0 Å². The van der Waals surface area contributed by atoms with Crippen LogP contribution in [0.2, 0.25) is 0 Å². The van der Waals surface area contributed by atoms with Gasteiger partial charge in [0.15, 0.2) is 0 Å². The summed E-state index contributed by atoms with van der Waals surface area (Å²) in [7, 11) is 0. The van der Waals surface area contributed by atoms with Gasteiger partial charge in [-0.1, -0.05) is 0 Å². The Morgan fingerprint density at radius 3 is 2.43 bits per heavy atom. The zero-order valence-corrected chi connectivity index (χ0v) is 9.46. The number of hydrogen-bond acceptors (Lipinski definition) is 5. The van der Waals surface area contributed by atoms with Crippen LogP contribution in [0.3, 0.4) is 0 Å². The molecule has 3 N–H and O–H groups in total. The highest BCUT2D eigenvalue weighted by Gasteiger charge is 2.06. The third-order valence-corrected chi connectivity index (χ3v) is 2.20. The number of aryl methyl sites for hydroxylation is 1. The summed E-state index contributed by atoms with van der Waals surface area (Å²) < 4.78 is 4.89. The Morgan fingerprint density at radius 2 is 2.36 bits per heavy atom. The summed E-state index contributed by atoms with van der Waals surface area (Å²) in [5.41, 5.74) is 4.94. The molecule has 0 saturated heterocycles. The number of hydrogen-bond donors (Lipinski definition) is 4. The van der Waals surface area contributed by atoms with Crippen molar-refractivity contribution in [2.75, 3.05) is 5.75 Å². The molecular weight excluding hydrogens is 222 g/mol. The topological polar surface area (TPSA) is 76.5 Å². The molecule has 1 rings (SSSR count). The van der Waals surface area contributed by atoms with E-state index in [0.717, 1.165) is 10.7 Å². The first kappa shape index (κ1) is 13.4. The number of nitrogens with two attached hydrogens (primary N) is 1. The van der Waals surface area contributed by atoms with Crippen LogP contribution in [0.15, 0.2) is 21.6 Å². The highest BCUT2D eigenvalue weighted by Crippen LogP contribution is 2.11. The fourth-order valence-electron chi connectivity index (χ4n) is 0.456. The number of rotatable bonds is 2. The van der Waals surface area contributed by atoms with E-state index in [9.17, 15) is 4.79 Å². The third-order valence-electron chi connectivity index (χ3n) is 1.35. The predicted molar refractivity (Wildman–Crippen MR) is 60.2 cm³/mol. The first-order chi connectivity index (χ1) is 6.49. The molecule has 0 saturated carbocycles. The summed E-state index contributed by atoms with van der Waals surface area (Å²) in [5.74, 6) is 0.0633. The molecule has 1 atom stereocenters. The van der Waals surface area contributed by atoms with Crippen LogP contribution in [0.5, 0.6) is 0 Å². The van der Waals surface area contributed by atoms with Crippen molar-refractivity contribution in [3.8, 4) is 0 Å². The van der Waals surface area contributed by atoms with Gasteiger partial charge in [-0.2, -0.15) is 12.6 Å². The molecule has 0 aromatic carbocycles. The number of furan rings is 1. The molecule has 0 unspecified atom stereocenters. The Hall–Kier alpha value is -0.590. The predicted octanol–water partition coefficient (Wildman–Crippen LogP) is 1.20. The van der Waals surface area contributed by atoms with Crippen molar-refractivity contribution >= 4 is 31.2 Å². The van der Waals surface area contributed by atoms with Crippen LogP contribution >= 0.6 is 25.3 Å². The van der Waals surface area contributed by atoms with Gasteiger partial charge in [-0.25, -0.2) is 0 Å². The molecule has 4 nitrogen and oxygen atoms in total. The quantitative estimate of drug-likeness (QED) is 0.581. The second-order valence-electron chi connectivity index (χ2n) is 2.49. The smallest absolute Gasteiger partial charge is 0.321 e. The van der Waals surface area contributed by atoms with Crippen LogP contribution in [0, 0.1) is 6.92 Å². The second-order valence-corrected chi connectivity index (χ2v) is 3.34. The minimum absolute atomic E-state index is 0.190. The molecule has 0 bridgehead atoms. The summed E-state index contributed by atoms with van der Waals surface area (Å²) >= 11 is 7.70. The number of thiol groups is 2. The van der Waals surface area contributed by atoms with E-state index in [2.05, 4.69) is 25.3 Å². The minimum atomic E-state index is -1.00. The lowest BCUT2D eigenvalue weighted by Crippen LogP contribution is -2.31. The molecule has 1 heterocycles. The second kappa shape index (κ2) is 6.80. The molecule has 80 valence electrons. The molecule has 6 heteroatoms. The lowest BCUT2D eigenvalue weighted by atomic mass is 10.4. The molecule has 0 aliphatic heterocycles. The van der Waals surface area contributed by atoms with Gasteiger partial charge in [0, 0.05) is 10.6 Å². The Bertz CT molecular complexity index is 271. The molecule has 1 aromatic rings. The van der Waals surface area contributed by atoms with E-state index in [0.29, 0.717) is 0 Å². The molecule has 14 heavy (non-hydrogen) atoms. The van der Waals surface area contributed by atoms with E-state index in [-0.39, 0.29) is 5.75 Å². The Kier molecular flexibility index (Phi) is 6.52. The highest BCUT2D eigenvalue weighted by atomic mass is 32.1. The first-order valence-electron chi connectivity index (χ1n) is 3.81. The third kappa shape index (κ3) is 5.21. The molecule has 0 fully saturated rings. The SMILES string of the molecule is Cc1occc1S.N[C@@H](CS)C(=O)O. The number of carboxylic acids is 1. The Balaban J connectivity index is 0.000000241. The largest absolute Gasteiger partial charge is 0.480 e. The van der Waals surface area contributed by atoms with Gasteiger partial charge >= 0.3 is 5.97 Å². The minimum Gasteiger partial charge on any atom is -0.480 e. The van der Waals surface area contributed by atoms with Gasteiger partial charge in [0.25, 0.3) is 0 Å². The summed E-state index contributed by atoms with van der Waals surface area (Å²) in [6.07, 6.45) is 1.62. The van der Waals surface area contributed by atoms with Crippen molar-refractivity contribution in [2.45, 2.75) is 17.9 Å². The Labute approximate surface area is 93.3 Å². The van der Waals surface area contributed by atoms with Crippen molar-refractivity contribution in [1.82, 2.24) is 0 Å². The molecule has 0 aliphatic rings. The zero-order chi connectivity index (χ0) is 11.1. The van der Waals surface area contributed by atoms with Crippen molar-refractivity contribution in [1.29, 1.82) is 0 Å². The van der Waals surface area contributed by atoms with E-state index in [1.165, 1.54) is 0 Å². The van der Waals surface area contributed by atoms with Crippen LogP contribution < -0.4 is 5.73 Å². The molecule has 1 aromatic heterocycles. The lowest BCUT2D eigenvalue weighted by molar-refractivity contribution is -0.137. The number of carboxylic acid groups (broad SMARTS) is 1. The first-order valence-corrected chi connectivity index (χ1v) is 4.89. The normalized spacial score (nSPS) is 11.4. The maximum Gasteiger partial charge on any atom is 0.321 e. The van der Waals surface area contributed by atoms with Crippen molar-refractivity contribution in [2.24, 2.45) is 5.73 Å². The van der Waals surface area contributed by atoms with Crippen LogP contribution in [0.4, 0.5) is 0 Å². The highest BCUT2D eigenvalue weighted by molar-refractivity contribution is 7.80. The van der Waals surface area contributed by atoms with Gasteiger partial charge in [0.1, 0.15) is 11.8 Å². The maximum atomic E-state index is 9.76. The van der Waals surface area contributed by atoms with E-state index in [1.54, 1.807) is 6.26 Å². The maximum absolute atomic E-state index is 9.76. The average molecular weight is 235 g/mol. The fourth-order valence-corrected chi connectivity index (χ4v) is 0.726. The van der Waals surface area contributed by atoms with Gasteiger partial charge in [0.2, 0.25) is 0 Å². The van der Waals surface area contributed by atoms with Gasteiger partial charge in [0.05, 0.1) is 6.26 Å². The summed E-state index contributed by atoms with van der Waals surface area (Å²) in [6.45, 7) is 1.88. The monoisotopic (exact) mass is 235 g/mol. The van der Waals surface area contributed by atoms with Crippen molar-refractivity contribution < 1.29 is 14.3 Å². The summed E-state index contributed by atoms with van der Waals surface area (Å²) in [6, 6.07) is 1.00. The number of aliphatic carboxylic acids is 1. The van der Waals surface area contributed by atoms with Gasteiger partial charge in [-0.05, 0) is 13.0 Å². The summed E-state index contributed by atoms with van der Waals surface area (Å²) in [4.78, 5) is 10.7. The summed E-state index contributed by atoms with van der Waals surface area (Å²) in [5, 5.41) is 8.01. The lowest BCUT2D eigenvalue weighted by Gasteiger charge is -1.96. The van der Waals surface area contributed by atoms with Crippen LogP contribution in [-0.2, 0) is 4.79 Å².